The molecule has 0 radical (unpaired) electrons. The number of carbonyl (C=O) groups excluding carboxylic acids is 1. The highest BCUT2D eigenvalue weighted by Gasteiger charge is 2.10. The molecule has 0 aliphatic heterocycles. The minimum absolute atomic E-state index is 0.135. The summed E-state index contributed by atoms with van der Waals surface area (Å²) in [6.07, 6.45) is 0.195. The first kappa shape index (κ1) is 22.4. The Morgan fingerprint density at radius 2 is 1.64 bits per heavy atom. The van der Waals surface area contributed by atoms with Crippen LogP contribution in [0.15, 0.2) is 78.2 Å². The first-order valence-electron chi connectivity index (χ1n) is 10.4. The standard InChI is InChI=1S/C26H24N2O4S/c1-18-7-11-21(12-8-18)31-16-26-28-20(17-33-26)15-25(29)27-19-9-13-22(14-10-19)32-24-6-4-3-5-23(24)30-2/h3-14,17H,15-16H2,1-2H3,(H,27,29). The molecule has 7 heteroatoms. The molecule has 1 amide bonds. The number of amides is 1. The number of rotatable bonds is 9. The van der Waals surface area contributed by atoms with Gasteiger partial charge < -0.3 is 19.5 Å². The third-order valence-electron chi connectivity index (χ3n) is 4.76. The van der Waals surface area contributed by atoms with Gasteiger partial charge >= 0.3 is 0 Å². The van der Waals surface area contributed by atoms with Gasteiger partial charge in [-0.05, 0) is 55.5 Å². The van der Waals surface area contributed by atoms with Crippen molar-refractivity contribution in [2.45, 2.75) is 20.0 Å². The van der Waals surface area contributed by atoms with Gasteiger partial charge in [0.1, 0.15) is 23.1 Å². The minimum atomic E-state index is -0.135. The maximum absolute atomic E-state index is 12.4. The van der Waals surface area contributed by atoms with E-state index in [-0.39, 0.29) is 12.3 Å². The Labute approximate surface area is 196 Å². The molecule has 3 aromatic carbocycles. The topological polar surface area (TPSA) is 69.7 Å². The number of aromatic nitrogens is 1. The molecule has 0 aliphatic rings. The Morgan fingerprint density at radius 1 is 0.939 bits per heavy atom. The second-order valence-corrected chi connectivity index (χ2v) is 8.28. The summed E-state index contributed by atoms with van der Waals surface area (Å²) >= 11 is 1.48. The van der Waals surface area contributed by atoms with Gasteiger partial charge in [-0.25, -0.2) is 4.98 Å². The Morgan fingerprint density at radius 3 is 2.36 bits per heavy atom. The van der Waals surface area contributed by atoms with Crippen molar-refractivity contribution < 1.29 is 19.0 Å². The summed E-state index contributed by atoms with van der Waals surface area (Å²) in [5.41, 5.74) is 2.59. The van der Waals surface area contributed by atoms with Gasteiger partial charge in [0.05, 0.1) is 19.2 Å². The third kappa shape index (κ3) is 6.33. The number of hydrogen-bond donors (Lipinski definition) is 1. The summed E-state index contributed by atoms with van der Waals surface area (Å²) in [7, 11) is 1.60. The summed E-state index contributed by atoms with van der Waals surface area (Å²) in [5.74, 6) is 2.59. The van der Waals surface area contributed by atoms with Crippen molar-refractivity contribution in [1.29, 1.82) is 0 Å². The van der Waals surface area contributed by atoms with Crippen LogP contribution in [0.2, 0.25) is 0 Å². The van der Waals surface area contributed by atoms with E-state index in [1.807, 2.05) is 60.8 Å². The molecule has 4 rings (SSSR count). The summed E-state index contributed by atoms with van der Waals surface area (Å²) in [4.78, 5) is 16.9. The van der Waals surface area contributed by atoms with E-state index in [0.29, 0.717) is 29.5 Å². The fourth-order valence-electron chi connectivity index (χ4n) is 3.08. The number of aryl methyl sites for hydroxylation is 1. The molecule has 1 aromatic heterocycles. The lowest BCUT2D eigenvalue weighted by Crippen LogP contribution is -2.14. The van der Waals surface area contributed by atoms with Crippen LogP contribution in [0.5, 0.6) is 23.0 Å². The van der Waals surface area contributed by atoms with Crippen LogP contribution in [0.4, 0.5) is 5.69 Å². The highest BCUT2D eigenvalue weighted by Crippen LogP contribution is 2.31. The maximum Gasteiger partial charge on any atom is 0.230 e. The lowest BCUT2D eigenvalue weighted by molar-refractivity contribution is -0.115. The van der Waals surface area contributed by atoms with Crippen molar-refractivity contribution in [2.75, 3.05) is 12.4 Å². The summed E-state index contributed by atoms with van der Waals surface area (Å²) < 4.78 is 16.9. The number of anilines is 1. The molecule has 0 saturated heterocycles. The predicted octanol–water partition coefficient (Wildman–Crippen LogP) is 6.01. The van der Waals surface area contributed by atoms with Gasteiger partial charge in [0, 0.05) is 11.1 Å². The van der Waals surface area contributed by atoms with Gasteiger partial charge in [-0.2, -0.15) is 0 Å². The number of benzene rings is 3. The molecule has 1 N–H and O–H groups in total. The monoisotopic (exact) mass is 460 g/mol. The molecule has 4 aromatic rings. The number of nitrogens with one attached hydrogen (secondary N) is 1. The zero-order chi connectivity index (χ0) is 23.0. The SMILES string of the molecule is COc1ccccc1Oc1ccc(NC(=O)Cc2csc(COc3ccc(C)cc3)n2)cc1. The zero-order valence-electron chi connectivity index (χ0n) is 18.4. The van der Waals surface area contributed by atoms with E-state index in [1.165, 1.54) is 16.9 Å². The van der Waals surface area contributed by atoms with Crippen molar-refractivity contribution in [1.82, 2.24) is 4.98 Å². The van der Waals surface area contributed by atoms with E-state index in [4.69, 9.17) is 14.2 Å². The van der Waals surface area contributed by atoms with Crippen LogP contribution in [-0.2, 0) is 17.8 Å². The van der Waals surface area contributed by atoms with E-state index in [0.717, 1.165) is 16.5 Å². The van der Waals surface area contributed by atoms with E-state index < -0.39 is 0 Å². The van der Waals surface area contributed by atoms with Crippen LogP contribution >= 0.6 is 11.3 Å². The van der Waals surface area contributed by atoms with Gasteiger partial charge in [-0.15, -0.1) is 11.3 Å². The van der Waals surface area contributed by atoms with Crippen LogP contribution in [0, 0.1) is 6.92 Å². The van der Waals surface area contributed by atoms with Crippen LogP contribution in [0.25, 0.3) is 0 Å². The molecule has 6 nitrogen and oxygen atoms in total. The maximum atomic E-state index is 12.4. The quantitative estimate of drug-likeness (QED) is 0.331. The van der Waals surface area contributed by atoms with Crippen LogP contribution in [-0.4, -0.2) is 18.0 Å². The molecule has 0 unspecified atom stereocenters. The van der Waals surface area contributed by atoms with E-state index in [2.05, 4.69) is 10.3 Å². The molecular formula is C26H24N2O4S. The van der Waals surface area contributed by atoms with Crippen molar-refractivity contribution in [2.24, 2.45) is 0 Å². The molecule has 168 valence electrons. The molecule has 0 atom stereocenters. The molecule has 1 heterocycles. The van der Waals surface area contributed by atoms with Crippen molar-refractivity contribution >= 4 is 22.9 Å². The largest absolute Gasteiger partial charge is 0.493 e. The van der Waals surface area contributed by atoms with Gasteiger partial charge in [0.15, 0.2) is 11.5 Å². The minimum Gasteiger partial charge on any atom is -0.493 e. The molecule has 0 aliphatic carbocycles. The Hall–Kier alpha value is -3.84. The summed E-state index contributed by atoms with van der Waals surface area (Å²) in [5, 5.41) is 5.61. The van der Waals surface area contributed by atoms with Crippen molar-refractivity contribution in [3.8, 4) is 23.0 Å². The van der Waals surface area contributed by atoms with Gasteiger partial charge in [-0.3, -0.25) is 4.79 Å². The van der Waals surface area contributed by atoms with Crippen LogP contribution in [0.1, 0.15) is 16.3 Å². The first-order valence-corrected chi connectivity index (χ1v) is 11.3. The number of thiazole rings is 1. The normalized spacial score (nSPS) is 10.5. The Bertz CT molecular complexity index is 1200. The van der Waals surface area contributed by atoms with E-state index >= 15 is 0 Å². The van der Waals surface area contributed by atoms with E-state index in [1.54, 1.807) is 31.4 Å². The number of methoxy groups -OCH3 is 1. The molecular weight excluding hydrogens is 436 g/mol. The Kier molecular flexibility index (Phi) is 7.22. The number of hydrogen-bond acceptors (Lipinski definition) is 6. The smallest absolute Gasteiger partial charge is 0.230 e. The average molecular weight is 461 g/mol. The highest BCUT2D eigenvalue weighted by molar-refractivity contribution is 7.09. The molecule has 33 heavy (non-hydrogen) atoms. The predicted molar refractivity (Wildman–Crippen MR) is 129 cm³/mol. The molecule has 0 bridgehead atoms. The number of nitrogens with zero attached hydrogens (tertiary/aromatic N) is 1. The molecule has 0 spiro atoms. The second-order valence-electron chi connectivity index (χ2n) is 7.34. The lowest BCUT2D eigenvalue weighted by atomic mass is 10.2. The second kappa shape index (κ2) is 10.7. The summed E-state index contributed by atoms with van der Waals surface area (Å²) in [6.45, 7) is 2.41. The van der Waals surface area contributed by atoms with E-state index in [9.17, 15) is 4.79 Å². The third-order valence-corrected chi connectivity index (χ3v) is 5.63. The number of ether oxygens (including phenoxy) is 3. The fourth-order valence-corrected chi connectivity index (χ4v) is 3.79. The highest BCUT2D eigenvalue weighted by atomic mass is 32.1. The molecule has 0 saturated carbocycles. The molecule has 0 fully saturated rings. The summed E-state index contributed by atoms with van der Waals surface area (Å²) in [6, 6.07) is 22.5. The van der Waals surface area contributed by atoms with Crippen LogP contribution < -0.4 is 19.5 Å². The van der Waals surface area contributed by atoms with Gasteiger partial charge in [-0.1, -0.05) is 29.8 Å². The van der Waals surface area contributed by atoms with Gasteiger partial charge in [0.2, 0.25) is 5.91 Å². The zero-order valence-corrected chi connectivity index (χ0v) is 19.2. The van der Waals surface area contributed by atoms with Crippen molar-refractivity contribution in [3.63, 3.8) is 0 Å². The van der Waals surface area contributed by atoms with Crippen LogP contribution in [0.3, 0.4) is 0 Å². The van der Waals surface area contributed by atoms with Gasteiger partial charge in [0.25, 0.3) is 0 Å². The van der Waals surface area contributed by atoms with Crippen molar-refractivity contribution in [3.05, 3.63) is 94.4 Å². The number of carbonyl (C=O) groups is 1. The lowest BCUT2D eigenvalue weighted by Gasteiger charge is -2.10. The fraction of sp³-hybridized carbons (Fsp3) is 0.154. The Balaban J connectivity index is 1.28. The average Bonchev–Trinajstić information content (AvgIpc) is 3.27. The first-order chi connectivity index (χ1) is 16.1. The number of para-hydroxylation sites is 2.